The quantitative estimate of drug-likeness (QED) is 0.238. The Morgan fingerprint density at radius 2 is 2.15 bits per heavy atom. The molecular weight excluding hydrogens is 469 g/mol. The molecule has 0 aromatic rings. The van der Waals surface area contributed by atoms with Crippen LogP contribution in [0.4, 0.5) is 0 Å². The Morgan fingerprint density at radius 1 is 1.41 bits per heavy atom. The second kappa shape index (κ2) is 9.90. The minimum absolute atomic E-state index is 0.0485. The molecule has 0 aromatic heterocycles. The third-order valence-electron chi connectivity index (χ3n) is 6.40. The SMILES string of the molecule is C#C[C@@]1(O)[C@@H]2O[P@](=O)(OCCC(C)C(=O)OC3CCCC3)OC[C@H]2O[C@H]1N1C=CC(=O)CC1=O. The first-order valence-corrected chi connectivity index (χ1v) is 12.8. The number of aliphatic hydroxyl groups is 1. The van der Waals surface area contributed by atoms with Gasteiger partial charge >= 0.3 is 13.8 Å². The molecule has 1 amide bonds. The van der Waals surface area contributed by atoms with Gasteiger partial charge in [-0.05, 0) is 38.2 Å². The first-order chi connectivity index (χ1) is 16.1. The van der Waals surface area contributed by atoms with Crippen LogP contribution in [0, 0.1) is 18.3 Å². The first-order valence-electron chi connectivity index (χ1n) is 11.3. The molecule has 1 aliphatic carbocycles. The number of esters is 1. The molecule has 0 spiro atoms. The number of carbonyl (C=O) groups is 3. The summed E-state index contributed by atoms with van der Waals surface area (Å²) in [7, 11) is -4.15. The fourth-order valence-corrected chi connectivity index (χ4v) is 5.80. The summed E-state index contributed by atoms with van der Waals surface area (Å²) >= 11 is 0. The van der Waals surface area contributed by atoms with Crippen molar-refractivity contribution in [2.75, 3.05) is 13.2 Å². The van der Waals surface area contributed by atoms with Crippen molar-refractivity contribution < 1.29 is 47.1 Å². The van der Waals surface area contributed by atoms with Gasteiger partial charge in [0.1, 0.15) is 18.3 Å². The number of ketones is 1. The van der Waals surface area contributed by atoms with Gasteiger partial charge in [0, 0.05) is 6.20 Å². The van der Waals surface area contributed by atoms with Gasteiger partial charge < -0.3 is 14.6 Å². The minimum atomic E-state index is -4.15. The number of ether oxygens (including phenoxy) is 2. The molecule has 12 heteroatoms. The van der Waals surface area contributed by atoms with E-state index in [2.05, 4.69) is 5.92 Å². The van der Waals surface area contributed by atoms with Gasteiger partial charge in [-0.2, -0.15) is 0 Å². The number of hydrogen-bond acceptors (Lipinski definition) is 10. The van der Waals surface area contributed by atoms with E-state index in [0.717, 1.165) is 30.6 Å². The van der Waals surface area contributed by atoms with Crippen LogP contribution in [0.25, 0.3) is 0 Å². The van der Waals surface area contributed by atoms with E-state index in [0.29, 0.717) is 0 Å². The van der Waals surface area contributed by atoms with Gasteiger partial charge in [-0.3, -0.25) is 32.9 Å². The summed E-state index contributed by atoms with van der Waals surface area (Å²) in [5, 5.41) is 11.2. The van der Waals surface area contributed by atoms with Gasteiger partial charge in [0.25, 0.3) is 0 Å². The zero-order valence-electron chi connectivity index (χ0n) is 18.8. The van der Waals surface area contributed by atoms with Crippen LogP contribution in [0.3, 0.4) is 0 Å². The predicted molar refractivity (Wildman–Crippen MR) is 115 cm³/mol. The Balaban J connectivity index is 1.35. The van der Waals surface area contributed by atoms with Crippen molar-refractivity contribution in [3.05, 3.63) is 12.3 Å². The van der Waals surface area contributed by atoms with Crippen LogP contribution in [0.5, 0.6) is 0 Å². The summed E-state index contributed by atoms with van der Waals surface area (Å²) in [6.45, 7) is 1.30. The normalized spacial score (nSPS) is 36.9. The highest BCUT2D eigenvalue weighted by molar-refractivity contribution is 7.48. The second-order valence-electron chi connectivity index (χ2n) is 8.89. The number of phosphoric acid groups is 1. The van der Waals surface area contributed by atoms with Crippen LogP contribution in [-0.2, 0) is 42.0 Å². The Morgan fingerprint density at radius 3 is 2.82 bits per heavy atom. The van der Waals surface area contributed by atoms with E-state index in [9.17, 15) is 24.1 Å². The smallest absolute Gasteiger partial charge is 0.462 e. The summed E-state index contributed by atoms with van der Waals surface area (Å²) in [5.41, 5.74) is -2.17. The van der Waals surface area contributed by atoms with Crippen molar-refractivity contribution in [2.24, 2.45) is 5.92 Å². The molecule has 3 aliphatic heterocycles. The van der Waals surface area contributed by atoms with Gasteiger partial charge in [-0.1, -0.05) is 12.8 Å². The molecular formula is C22H28NO10P. The van der Waals surface area contributed by atoms with Crippen LogP contribution in [0.2, 0.25) is 0 Å². The maximum Gasteiger partial charge on any atom is 0.475 e. The van der Waals surface area contributed by atoms with E-state index in [-0.39, 0.29) is 37.5 Å². The summed E-state index contributed by atoms with van der Waals surface area (Å²) in [4.78, 5) is 37.0. The standard InChI is InChI=1S/C22H28NO10P/c1-3-22(27)19-17(32-21(22)23-10-8-15(24)12-18(23)25)13-30-34(28,33-19)29-11-9-14(2)20(26)31-16-6-4-5-7-16/h1,8,10,14,16-17,19,21,27H,4-7,9,11-13H2,2H3/t14?,17-,19-,21-,22-,34-/m1/s1. The van der Waals surface area contributed by atoms with Crippen LogP contribution in [-0.4, -0.2) is 71.0 Å². The zero-order valence-corrected chi connectivity index (χ0v) is 19.7. The molecule has 1 saturated carbocycles. The number of nitrogens with zero attached hydrogens (tertiary/aromatic N) is 1. The molecule has 11 nitrogen and oxygen atoms in total. The van der Waals surface area contributed by atoms with Gasteiger partial charge in [0.15, 0.2) is 17.6 Å². The Labute approximate surface area is 197 Å². The second-order valence-corrected chi connectivity index (χ2v) is 10.5. The molecule has 0 radical (unpaired) electrons. The maximum absolute atomic E-state index is 13.0. The van der Waals surface area contributed by atoms with E-state index in [1.165, 1.54) is 12.3 Å². The fourth-order valence-electron chi connectivity index (χ4n) is 4.37. The lowest BCUT2D eigenvalue weighted by atomic mass is 9.94. The molecule has 4 aliphatic rings. The molecule has 4 rings (SSSR count). The highest BCUT2D eigenvalue weighted by Crippen LogP contribution is 2.57. The van der Waals surface area contributed by atoms with Crippen molar-refractivity contribution >= 4 is 25.5 Å². The van der Waals surface area contributed by atoms with E-state index in [4.69, 9.17) is 29.5 Å². The molecule has 0 bridgehead atoms. The summed E-state index contributed by atoms with van der Waals surface area (Å²) < 4.78 is 40.3. The summed E-state index contributed by atoms with van der Waals surface area (Å²) in [6, 6.07) is 0. The molecule has 186 valence electrons. The molecule has 2 saturated heterocycles. The molecule has 1 unspecified atom stereocenters. The third-order valence-corrected chi connectivity index (χ3v) is 7.85. The minimum Gasteiger partial charge on any atom is -0.462 e. The number of amides is 1. The Bertz CT molecular complexity index is 954. The number of fused-ring (bicyclic) bond motifs is 1. The number of terminal acetylenes is 1. The first kappa shape index (κ1) is 25.0. The lowest BCUT2D eigenvalue weighted by Crippen LogP contribution is -2.56. The molecule has 0 aromatic carbocycles. The highest BCUT2D eigenvalue weighted by atomic mass is 31.2. The number of rotatable bonds is 7. The number of phosphoric ester groups is 1. The monoisotopic (exact) mass is 497 g/mol. The number of hydrogen-bond donors (Lipinski definition) is 1. The van der Waals surface area contributed by atoms with Crippen LogP contribution in [0.15, 0.2) is 12.3 Å². The topological polar surface area (TPSA) is 138 Å². The van der Waals surface area contributed by atoms with Crippen molar-refractivity contribution in [1.82, 2.24) is 4.90 Å². The lowest BCUT2D eigenvalue weighted by Gasteiger charge is -2.36. The molecule has 34 heavy (non-hydrogen) atoms. The molecule has 1 N–H and O–H groups in total. The molecule has 3 fully saturated rings. The van der Waals surface area contributed by atoms with E-state index in [1.807, 2.05) is 0 Å². The van der Waals surface area contributed by atoms with Crippen molar-refractivity contribution in [3.63, 3.8) is 0 Å². The summed E-state index contributed by atoms with van der Waals surface area (Å²) in [6.07, 6.45) is 7.90. The average Bonchev–Trinajstić information content (AvgIpc) is 3.40. The predicted octanol–water partition coefficient (Wildman–Crippen LogP) is 1.44. The summed E-state index contributed by atoms with van der Waals surface area (Å²) in [5.74, 6) is 0.360. The zero-order chi connectivity index (χ0) is 24.5. The van der Waals surface area contributed by atoms with E-state index < -0.39 is 50.1 Å². The lowest BCUT2D eigenvalue weighted by molar-refractivity contribution is -0.154. The van der Waals surface area contributed by atoms with E-state index >= 15 is 0 Å². The largest absolute Gasteiger partial charge is 0.475 e. The average molecular weight is 497 g/mol. The van der Waals surface area contributed by atoms with Crippen molar-refractivity contribution in [3.8, 4) is 12.3 Å². The van der Waals surface area contributed by atoms with Gasteiger partial charge in [0.2, 0.25) is 5.91 Å². The molecule has 3 heterocycles. The molecule has 6 atom stereocenters. The van der Waals surface area contributed by atoms with Crippen LogP contribution < -0.4 is 0 Å². The van der Waals surface area contributed by atoms with Gasteiger partial charge in [-0.15, -0.1) is 6.42 Å². The maximum atomic E-state index is 13.0. The fraction of sp³-hybridized carbons (Fsp3) is 0.682. The van der Waals surface area contributed by atoms with Crippen LogP contribution in [0.1, 0.15) is 45.4 Å². The van der Waals surface area contributed by atoms with Gasteiger partial charge in [-0.25, -0.2) is 4.57 Å². The van der Waals surface area contributed by atoms with Gasteiger partial charge in [0.05, 0.1) is 25.6 Å². The highest BCUT2D eigenvalue weighted by Gasteiger charge is 2.63. The number of carbonyl (C=O) groups excluding carboxylic acids is 3. The van der Waals surface area contributed by atoms with E-state index in [1.54, 1.807) is 6.92 Å². The third kappa shape index (κ3) is 4.98. The van der Waals surface area contributed by atoms with Crippen molar-refractivity contribution in [2.45, 2.75) is 75.6 Å². The van der Waals surface area contributed by atoms with Crippen molar-refractivity contribution in [1.29, 1.82) is 0 Å². The number of allylic oxidation sites excluding steroid dienone is 1. The van der Waals surface area contributed by atoms with Crippen LogP contribution >= 0.6 is 7.82 Å². The Hall–Kier alpha value is -2.06. The Kier molecular flexibility index (Phi) is 7.29.